The first-order valence-corrected chi connectivity index (χ1v) is 12.8. The number of amides is 2. The van der Waals surface area contributed by atoms with Gasteiger partial charge in [-0.05, 0) is 57.2 Å². The molecule has 9 nitrogen and oxygen atoms in total. The van der Waals surface area contributed by atoms with Gasteiger partial charge in [0.2, 0.25) is 21.8 Å². The first-order chi connectivity index (χ1) is 17.5. The molecular formula is C27H27N3O6S. The normalized spacial score (nSPS) is 11.1. The van der Waals surface area contributed by atoms with Crippen molar-refractivity contribution in [1.29, 1.82) is 0 Å². The Morgan fingerprint density at radius 3 is 1.54 bits per heavy atom. The number of Topliss-reactive ketones (excluding diaryl/α,β-unsaturated/α-hetero) is 2. The molecule has 0 bridgehead atoms. The average Bonchev–Trinajstić information content (AvgIpc) is 2.84. The SMILES string of the molecule is CC(=O)c1cccc(NC(=O)CN(CC(=O)Nc2cccc(C(C)=O)c2)S(=O)(=O)c2ccc(C)cc2)c1. The van der Waals surface area contributed by atoms with E-state index >= 15 is 0 Å². The molecule has 0 aliphatic carbocycles. The van der Waals surface area contributed by atoms with Gasteiger partial charge < -0.3 is 10.6 Å². The van der Waals surface area contributed by atoms with Crippen molar-refractivity contribution in [3.8, 4) is 0 Å². The summed E-state index contributed by atoms with van der Waals surface area (Å²) in [7, 11) is -4.23. The molecule has 3 aromatic carbocycles. The summed E-state index contributed by atoms with van der Waals surface area (Å²) in [6, 6.07) is 18.5. The van der Waals surface area contributed by atoms with Gasteiger partial charge in [0.15, 0.2) is 11.6 Å². The lowest BCUT2D eigenvalue weighted by Gasteiger charge is -2.21. The molecule has 37 heavy (non-hydrogen) atoms. The fourth-order valence-corrected chi connectivity index (χ4v) is 4.79. The Morgan fingerprint density at radius 2 is 1.14 bits per heavy atom. The van der Waals surface area contributed by atoms with Crippen LogP contribution < -0.4 is 10.6 Å². The Labute approximate surface area is 215 Å². The number of aryl methyl sites for hydroxylation is 1. The Kier molecular flexibility index (Phi) is 8.69. The van der Waals surface area contributed by atoms with Crippen molar-refractivity contribution in [2.24, 2.45) is 0 Å². The molecular weight excluding hydrogens is 494 g/mol. The fourth-order valence-electron chi connectivity index (χ4n) is 3.44. The van der Waals surface area contributed by atoms with Crippen LogP contribution >= 0.6 is 0 Å². The van der Waals surface area contributed by atoms with Crippen molar-refractivity contribution >= 4 is 44.8 Å². The smallest absolute Gasteiger partial charge is 0.244 e. The minimum atomic E-state index is -4.23. The number of carbonyl (C=O) groups excluding carboxylic acids is 4. The molecule has 3 aromatic rings. The molecule has 0 aromatic heterocycles. The maximum absolute atomic E-state index is 13.4. The van der Waals surface area contributed by atoms with E-state index in [0.29, 0.717) is 22.5 Å². The number of benzene rings is 3. The van der Waals surface area contributed by atoms with Crippen LogP contribution in [-0.4, -0.2) is 49.2 Å². The number of ketones is 2. The molecule has 0 spiro atoms. The molecule has 0 radical (unpaired) electrons. The summed E-state index contributed by atoms with van der Waals surface area (Å²) in [6.07, 6.45) is 0. The van der Waals surface area contributed by atoms with Crippen LogP contribution in [0, 0.1) is 6.92 Å². The lowest BCUT2D eigenvalue weighted by Crippen LogP contribution is -2.42. The molecule has 0 atom stereocenters. The lowest BCUT2D eigenvalue weighted by atomic mass is 10.1. The second-order valence-electron chi connectivity index (χ2n) is 8.46. The van der Waals surface area contributed by atoms with Gasteiger partial charge >= 0.3 is 0 Å². The highest BCUT2D eigenvalue weighted by molar-refractivity contribution is 7.89. The highest BCUT2D eigenvalue weighted by Crippen LogP contribution is 2.18. The van der Waals surface area contributed by atoms with Gasteiger partial charge in [0.25, 0.3) is 0 Å². The van der Waals surface area contributed by atoms with Crippen molar-refractivity contribution in [1.82, 2.24) is 4.31 Å². The molecule has 0 fully saturated rings. The summed E-state index contributed by atoms with van der Waals surface area (Å²) in [5, 5.41) is 5.15. The third-order valence-electron chi connectivity index (χ3n) is 5.40. The summed E-state index contributed by atoms with van der Waals surface area (Å²) >= 11 is 0. The summed E-state index contributed by atoms with van der Waals surface area (Å²) in [6.45, 7) is 3.28. The minimum Gasteiger partial charge on any atom is -0.325 e. The van der Waals surface area contributed by atoms with E-state index < -0.39 is 34.9 Å². The second-order valence-corrected chi connectivity index (χ2v) is 10.4. The summed E-state index contributed by atoms with van der Waals surface area (Å²) in [5.41, 5.74) is 2.24. The maximum atomic E-state index is 13.4. The number of nitrogens with zero attached hydrogens (tertiary/aromatic N) is 1. The van der Waals surface area contributed by atoms with Crippen molar-refractivity contribution in [3.05, 3.63) is 89.5 Å². The van der Waals surface area contributed by atoms with Crippen molar-refractivity contribution < 1.29 is 27.6 Å². The Morgan fingerprint density at radius 1 is 0.703 bits per heavy atom. The summed E-state index contributed by atoms with van der Waals surface area (Å²) in [4.78, 5) is 48.9. The summed E-state index contributed by atoms with van der Waals surface area (Å²) < 4.78 is 27.5. The van der Waals surface area contributed by atoms with Crippen molar-refractivity contribution in [2.75, 3.05) is 23.7 Å². The largest absolute Gasteiger partial charge is 0.325 e. The van der Waals surface area contributed by atoms with Gasteiger partial charge in [0.05, 0.1) is 18.0 Å². The number of sulfonamides is 1. The van der Waals surface area contributed by atoms with Gasteiger partial charge in [-0.1, -0.05) is 42.0 Å². The van der Waals surface area contributed by atoms with Crippen molar-refractivity contribution in [3.63, 3.8) is 0 Å². The molecule has 2 N–H and O–H groups in total. The van der Waals surface area contributed by atoms with Crippen LogP contribution in [0.15, 0.2) is 77.7 Å². The zero-order valence-electron chi connectivity index (χ0n) is 20.6. The van der Waals surface area contributed by atoms with Gasteiger partial charge in [0.1, 0.15) is 0 Å². The number of carbonyl (C=O) groups is 4. The van der Waals surface area contributed by atoms with E-state index in [-0.39, 0.29) is 16.5 Å². The molecule has 2 amide bonds. The van der Waals surface area contributed by atoms with Crippen molar-refractivity contribution in [2.45, 2.75) is 25.7 Å². The van der Waals surface area contributed by atoms with E-state index in [1.165, 1.54) is 38.1 Å². The first kappa shape index (κ1) is 27.4. The second kappa shape index (κ2) is 11.7. The Bertz CT molecular complexity index is 1380. The van der Waals surface area contributed by atoms with Gasteiger partial charge in [-0.15, -0.1) is 0 Å². The molecule has 0 heterocycles. The number of nitrogens with one attached hydrogen (secondary N) is 2. The van der Waals surface area contributed by atoms with E-state index in [1.54, 1.807) is 55.5 Å². The number of rotatable bonds is 10. The Hall–Kier alpha value is -4.15. The van der Waals surface area contributed by atoms with Gasteiger partial charge in [-0.2, -0.15) is 4.31 Å². The minimum absolute atomic E-state index is 0.0733. The van der Waals surface area contributed by atoms with Crippen LogP contribution in [0.4, 0.5) is 11.4 Å². The third kappa shape index (κ3) is 7.42. The summed E-state index contributed by atoms with van der Waals surface area (Å²) in [5.74, 6) is -1.76. The molecule has 192 valence electrons. The predicted octanol–water partition coefficient (Wildman–Crippen LogP) is 3.67. The highest BCUT2D eigenvalue weighted by Gasteiger charge is 2.29. The molecule has 0 saturated carbocycles. The van der Waals surface area contributed by atoms with E-state index in [4.69, 9.17) is 0 Å². The standard InChI is InChI=1S/C27H27N3O6S/c1-18-10-12-25(13-11-18)37(35,36)30(16-26(33)28-23-8-4-6-21(14-23)19(2)31)17-27(34)29-24-9-5-7-22(15-24)20(3)32/h4-15H,16-17H2,1-3H3,(H,28,33)(H,29,34). The van der Waals surface area contributed by atoms with Crippen LogP contribution in [0.5, 0.6) is 0 Å². The van der Waals surface area contributed by atoms with Gasteiger partial charge in [-0.3, -0.25) is 19.2 Å². The quantitative estimate of drug-likeness (QED) is 0.392. The number of hydrogen-bond donors (Lipinski definition) is 2. The topological polar surface area (TPSA) is 130 Å². The molecule has 10 heteroatoms. The van der Waals surface area contributed by atoms with E-state index in [0.717, 1.165) is 9.87 Å². The van der Waals surface area contributed by atoms with Gasteiger partial charge in [0, 0.05) is 22.5 Å². The Balaban J connectivity index is 1.84. The van der Waals surface area contributed by atoms with Crippen LogP contribution in [0.25, 0.3) is 0 Å². The van der Waals surface area contributed by atoms with E-state index in [2.05, 4.69) is 10.6 Å². The maximum Gasteiger partial charge on any atom is 0.244 e. The van der Waals surface area contributed by atoms with Crippen LogP contribution in [-0.2, 0) is 19.6 Å². The number of anilines is 2. The first-order valence-electron chi connectivity index (χ1n) is 11.3. The van der Waals surface area contributed by atoms with Crippen LogP contribution in [0.2, 0.25) is 0 Å². The predicted molar refractivity (Wildman–Crippen MR) is 140 cm³/mol. The van der Waals surface area contributed by atoms with E-state index in [9.17, 15) is 27.6 Å². The molecule has 0 unspecified atom stereocenters. The highest BCUT2D eigenvalue weighted by atomic mass is 32.2. The molecule has 0 saturated heterocycles. The van der Waals surface area contributed by atoms with Crippen LogP contribution in [0.3, 0.4) is 0 Å². The zero-order valence-corrected chi connectivity index (χ0v) is 21.5. The molecule has 3 rings (SSSR count). The third-order valence-corrected chi connectivity index (χ3v) is 7.21. The molecule has 0 aliphatic heterocycles. The number of hydrogen-bond acceptors (Lipinski definition) is 6. The van der Waals surface area contributed by atoms with Gasteiger partial charge in [-0.25, -0.2) is 8.42 Å². The molecule has 0 aliphatic rings. The fraction of sp³-hybridized carbons (Fsp3) is 0.185. The average molecular weight is 522 g/mol. The zero-order chi connectivity index (χ0) is 27.2. The lowest BCUT2D eigenvalue weighted by molar-refractivity contribution is -0.118. The van der Waals surface area contributed by atoms with Crippen LogP contribution in [0.1, 0.15) is 40.1 Å². The monoisotopic (exact) mass is 521 g/mol. The van der Waals surface area contributed by atoms with E-state index in [1.807, 2.05) is 0 Å².